The first-order valence-electron chi connectivity index (χ1n) is 6.39. The molecule has 3 rings (SSSR count). The highest BCUT2D eigenvalue weighted by atomic mass is 79.9. The molecule has 0 amide bonds. The first kappa shape index (κ1) is 11.7. The lowest BCUT2D eigenvalue weighted by Gasteiger charge is -2.23. The number of hydrogen-bond acceptors (Lipinski definition) is 1. The number of hydrogen-bond donors (Lipinski definition) is 1. The van der Waals surface area contributed by atoms with Crippen LogP contribution in [-0.4, -0.2) is 6.04 Å². The van der Waals surface area contributed by atoms with Crippen LogP contribution in [0, 0.1) is 17.7 Å². The summed E-state index contributed by atoms with van der Waals surface area (Å²) in [6, 6.07) is 5.76. The van der Waals surface area contributed by atoms with Gasteiger partial charge in [-0.05, 0) is 49.3 Å². The topological polar surface area (TPSA) is 12.0 Å². The third kappa shape index (κ3) is 2.41. The van der Waals surface area contributed by atoms with E-state index in [-0.39, 0.29) is 5.82 Å². The summed E-state index contributed by atoms with van der Waals surface area (Å²) in [7, 11) is 0. The molecule has 1 aromatic rings. The molecule has 2 aliphatic carbocycles. The highest BCUT2D eigenvalue weighted by Gasteiger charge is 2.38. The van der Waals surface area contributed by atoms with E-state index in [1.807, 2.05) is 6.07 Å². The fraction of sp³-hybridized carbons (Fsp3) is 0.571. The van der Waals surface area contributed by atoms with Crippen molar-refractivity contribution in [3.05, 3.63) is 34.1 Å². The van der Waals surface area contributed by atoms with Crippen molar-refractivity contribution in [3.8, 4) is 0 Å². The Kier molecular flexibility index (Phi) is 3.22. The highest BCUT2D eigenvalue weighted by Crippen LogP contribution is 2.44. The van der Waals surface area contributed by atoms with Crippen LogP contribution in [0.1, 0.15) is 31.2 Å². The van der Waals surface area contributed by atoms with Crippen molar-refractivity contribution in [1.82, 2.24) is 5.32 Å². The van der Waals surface area contributed by atoms with Crippen molar-refractivity contribution in [3.63, 3.8) is 0 Å². The van der Waals surface area contributed by atoms with Crippen LogP contribution in [0.3, 0.4) is 0 Å². The molecule has 1 nitrogen and oxygen atoms in total. The Hall–Kier alpha value is -0.410. The van der Waals surface area contributed by atoms with Crippen molar-refractivity contribution in [2.45, 2.75) is 38.3 Å². The van der Waals surface area contributed by atoms with E-state index in [1.165, 1.54) is 31.7 Å². The lowest BCUT2D eigenvalue weighted by Crippen LogP contribution is -2.33. The summed E-state index contributed by atoms with van der Waals surface area (Å²) in [6.45, 7) is 0.652. The first-order valence-corrected chi connectivity index (χ1v) is 7.19. The van der Waals surface area contributed by atoms with Gasteiger partial charge in [0.25, 0.3) is 0 Å². The summed E-state index contributed by atoms with van der Waals surface area (Å²) >= 11 is 3.39. The molecule has 3 atom stereocenters. The fourth-order valence-corrected chi connectivity index (χ4v) is 3.82. The lowest BCUT2D eigenvalue weighted by atomic mass is 9.95. The van der Waals surface area contributed by atoms with Crippen LogP contribution < -0.4 is 5.32 Å². The Bertz CT molecular complexity index is 421. The summed E-state index contributed by atoms with van der Waals surface area (Å²) in [6.07, 6.45) is 5.45. The first-order chi connectivity index (χ1) is 8.22. The lowest BCUT2D eigenvalue weighted by molar-refractivity contribution is 0.349. The van der Waals surface area contributed by atoms with Gasteiger partial charge >= 0.3 is 0 Å². The highest BCUT2D eigenvalue weighted by molar-refractivity contribution is 9.10. The predicted octanol–water partition coefficient (Wildman–Crippen LogP) is 3.87. The summed E-state index contributed by atoms with van der Waals surface area (Å²) in [5.41, 5.74) is 0.766. The minimum absolute atomic E-state index is 0.108. The average molecular weight is 298 g/mol. The van der Waals surface area contributed by atoms with Gasteiger partial charge in [-0.2, -0.15) is 0 Å². The molecule has 0 saturated heterocycles. The Morgan fingerprint density at radius 1 is 1.29 bits per heavy atom. The molecule has 92 valence electrons. The molecular weight excluding hydrogens is 281 g/mol. The maximum absolute atomic E-state index is 13.6. The second kappa shape index (κ2) is 4.69. The van der Waals surface area contributed by atoms with E-state index in [0.717, 1.165) is 21.9 Å². The normalized spacial score (nSPS) is 31.1. The van der Waals surface area contributed by atoms with Gasteiger partial charge in [0.1, 0.15) is 5.82 Å². The smallest absolute Gasteiger partial charge is 0.127 e. The van der Waals surface area contributed by atoms with Crippen molar-refractivity contribution in [1.29, 1.82) is 0 Å². The Morgan fingerprint density at radius 2 is 2.18 bits per heavy atom. The van der Waals surface area contributed by atoms with Gasteiger partial charge in [0.05, 0.1) is 0 Å². The van der Waals surface area contributed by atoms with Crippen molar-refractivity contribution < 1.29 is 4.39 Å². The Labute approximate surface area is 110 Å². The Morgan fingerprint density at radius 3 is 2.88 bits per heavy atom. The van der Waals surface area contributed by atoms with E-state index in [9.17, 15) is 4.39 Å². The van der Waals surface area contributed by atoms with Crippen LogP contribution in [0.25, 0.3) is 0 Å². The maximum Gasteiger partial charge on any atom is 0.127 e. The van der Waals surface area contributed by atoms with Gasteiger partial charge in [-0.25, -0.2) is 4.39 Å². The third-order valence-corrected chi connectivity index (χ3v) is 4.79. The quantitative estimate of drug-likeness (QED) is 0.893. The van der Waals surface area contributed by atoms with Crippen molar-refractivity contribution in [2.24, 2.45) is 11.8 Å². The molecule has 2 aliphatic rings. The van der Waals surface area contributed by atoms with Gasteiger partial charge in [0, 0.05) is 22.6 Å². The third-order valence-electron chi connectivity index (χ3n) is 4.30. The molecule has 0 heterocycles. The molecule has 1 N–H and O–H groups in total. The second-order valence-electron chi connectivity index (χ2n) is 5.40. The SMILES string of the molecule is Fc1ccc(Br)cc1CNC1CC2CCC1C2. The minimum atomic E-state index is -0.108. The molecule has 0 spiro atoms. The minimum Gasteiger partial charge on any atom is -0.310 e. The number of fused-ring (bicyclic) bond motifs is 2. The molecule has 0 aromatic heterocycles. The largest absolute Gasteiger partial charge is 0.310 e. The van der Waals surface area contributed by atoms with E-state index in [0.29, 0.717) is 12.6 Å². The molecule has 2 fully saturated rings. The van der Waals surface area contributed by atoms with Gasteiger partial charge < -0.3 is 5.32 Å². The standard InChI is InChI=1S/C14H17BrFN/c15-12-3-4-13(16)11(7-12)8-17-14-6-9-1-2-10(14)5-9/h3-4,7,9-10,14,17H,1-2,5-6,8H2. The van der Waals surface area contributed by atoms with Crippen molar-refractivity contribution in [2.75, 3.05) is 0 Å². The van der Waals surface area contributed by atoms with E-state index >= 15 is 0 Å². The molecule has 3 heteroatoms. The van der Waals surface area contributed by atoms with Gasteiger partial charge in [0.15, 0.2) is 0 Å². The molecular formula is C14H17BrFN. The van der Waals surface area contributed by atoms with Crippen LogP contribution in [0.4, 0.5) is 4.39 Å². The van der Waals surface area contributed by atoms with E-state index in [1.54, 1.807) is 6.07 Å². The van der Waals surface area contributed by atoms with E-state index < -0.39 is 0 Å². The summed E-state index contributed by atoms with van der Waals surface area (Å²) in [4.78, 5) is 0. The van der Waals surface area contributed by atoms with Gasteiger partial charge in [-0.15, -0.1) is 0 Å². The second-order valence-corrected chi connectivity index (χ2v) is 6.31. The van der Waals surface area contributed by atoms with E-state index in [4.69, 9.17) is 0 Å². The number of halogens is 2. The molecule has 0 aliphatic heterocycles. The maximum atomic E-state index is 13.6. The zero-order valence-corrected chi connectivity index (χ0v) is 11.3. The van der Waals surface area contributed by atoms with Crippen molar-refractivity contribution >= 4 is 15.9 Å². The molecule has 3 unspecified atom stereocenters. The Balaban J connectivity index is 1.62. The zero-order valence-electron chi connectivity index (χ0n) is 9.76. The van der Waals surface area contributed by atoms with Crippen LogP contribution in [0.15, 0.2) is 22.7 Å². The predicted molar refractivity (Wildman–Crippen MR) is 70.2 cm³/mol. The molecule has 1 aromatic carbocycles. The van der Waals surface area contributed by atoms with E-state index in [2.05, 4.69) is 21.2 Å². The van der Waals surface area contributed by atoms with Gasteiger partial charge in [-0.3, -0.25) is 0 Å². The number of nitrogens with one attached hydrogen (secondary N) is 1. The van der Waals surface area contributed by atoms with Crippen LogP contribution in [0.2, 0.25) is 0 Å². The zero-order chi connectivity index (χ0) is 11.8. The number of benzene rings is 1. The fourth-order valence-electron chi connectivity index (χ4n) is 3.41. The van der Waals surface area contributed by atoms with Crippen LogP contribution in [0.5, 0.6) is 0 Å². The summed E-state index contributed by atoms with van der Waals surface area (Å²) in [5, 5.41) is 3.54. The monoisotopic (exact) mass is 297 g/mol. The summed E-state index contributed by atoms with van der Waals surface area (Å²) in [5.74, 6) is 1.67. The molecule has 17 heavy (non-hydrogen) atoms. The van der Waals surface area contributed by atoms with Gasteiger partial charge in [0.2, 0.25) is 0 Å². The summed E-state index contributed by atoms with van der Waals surface area (Å²) < 4.78 is 14.5. The number of rotatable bonds is 3. The average Bonchev–Trinajstić information content (AvgIpc) is 2.92. The van der Waals surface area contributed by atoms with Gasteiger partial charge in [-0.1, -0.05) is 22.4 Å². The molecule has 2 bridgehead atoms. The molecule has 2 saturated carbocycles. The van der Waals surface area contributed by atoms with Crippen LogP contribution >= 0.6 is 15.9 Å². The van der Waals surface area contributed by atoms with Crippen LogP contribution in [-0.2, 0) is 6.54 Å². The molecule has 0 radical (unpaired) electrons.